The number of anilines is 2. The van der Waals surface area contributed by atoms with Crippen molar-refractivity contribution >= 4 is 23.2 Å². The summed E-state index contributed by atoms with van der Waals surface area (Å²) in [6.45, 7) is 3.50. The molecule has 20 heavy (non-hydrogen) atoms. The van der Waals surface area contributed by atoms with E-state index >= 15 is 0 Å². The summed E-state index contributed by atoms with van der Waals surface area (Å²) >= 11 is 0. The predicted octanol–water partition coefficient (Wildman–Crippen LogP) is 0.765. The average Bonchev–Trinajstić information content (AvgIpc) is 2.41. The number of nitrogen functional groups attached to an aromatic ring is 1. The fourth-order valence-corrected chi connectivity index (χ4v) is 2.06. The van der Waals surface area contributed by atoms with Gasteiger partial charge in [0, 0.05) is 30.9 Å². The van der Waals surface area contributed by atoms with E-state index in [1.54, 1.807) is 23.1 Å². The zero-order chi connectivity index (χ0) is 14.5. The minimum absolute atomic E-state index is 0.0623. The highest BCUT2D eigenvalue weighted by atomic mass is 16.5. The molecular weight excluding hydrogens is 258 g/mol. The van der Waals surface area contributed by atoms with Gasteiger partial charge in [-0.05, 0) is 30.7 Å². The molecule has 0 atom stereocenters. The van der Waals surface area contributed by atoms with E-state index in [2.05, 4.69) is 5.32 Å². The van der Waals surface area contributed by atoms with Gasteiger partial charge in [0.1, 0.15) is 6.61 Å². The van der Waals surface area contributed by atoms with E-state index in [9.17, 15) is 9.59 Å². The largest absolute Gasteiger partial charge is 0.399 e. The first kappa shape index (κ1) is 14.3. The van der Waals surface area contributed by atoms with Crippen LogP contribution >= 0.6 is 0 Å². The van der Waals surface area contributed by atoms with Crippen molar-refractivity contribution in [2.75, 3.05) is 37.4 Å². The van der Waals surface area contributed by atoms with Crippen molar-refractivity contribution in [3.8, 4) is 0 Å². The molecule has 6 heteroatoms. The van der Waals surface area contributed by atoms with Gasteiger partial charge in [-0.1, -0.05) is 0 Å². The van der Waals surface area contributed by atoms with Crippen LogP contribution in [0.1, 0.15) is 12.0 Å². The molecule has 0 aromatic heterocycles. The van der Waals surface area contributed by atoms with E-state index in [0.717, 1.165) is 11.3 Å². The van der Waals surface area contributed by atoms with Gasteiger partial charge in [-0.15, -0.1) is 0 Å². The maximum atomic E-state index is 11.9. The van der Waals surface area contributed by atoms with Gasteiger partial charge in [-0.3, -0.25) is 9.59 Å². The molecule has 2 rings (SSSR count). The van der Waals surface area contributed by atoms with E-state index in [1.165, 1.54) is 0 Å². The van der Waals surface area contributed by atoms with Crippen LogP contribution in [-0.4, -0.2) is 43.0 Å². The number of hydrogen-bond donors (Lipinski definition) is 2. The Morgan fingerprint density at radius 1 is 1.50 bits per heavy atom. The van der Waals surface area contributed by atoms with E-state index in [0.29, 0.717) is 25.4 Å². The summed E-state index contributed by atoms with van der Waals surface area (Å²) in [6, 6.07) is 5.33. The van der Waals surface area contributed by atoms with Crippen LogP contribution < -0.4 is 11.1 Å². The Hall–Kier alpha value is -2.08. The van der Waals surface area contributed by atoms with Crippen LogP contribution in [0.3, 0.4) is 0 Å². The van der Waals surface area contributed by atoms with Gasteiger partial charge in [0.25, 0.3) is 0 Å². The summed E-state index contributed by atoms with van der Waals surface area (Å²) < 4.78 is 5.04. The van der Waals surface area contributed by atoms with Crippen LogP contribution in [-0.2, 0) is 14.3 Å². The monoisotopic (exact) mass is 277 g/mol. The lowest BCUT2D eigenvalue weighted by Gasteiger charge is -2.26. The second kappa shape index (κ2) is 6.38. The minimum Gasteiger partial charge on any atom is -0.399 e. The van der Waals surface area contributed by atoms with Crippen molar-refractivity contribution in [1.29, 1.82) is 0 Å². The van der Waals surface area contributed by atoms with Gasteiger partial charge in [-0.25, -0.2) is 0 Å². The molecule has 3 N–H and O–H groups in total. The Kier molecular flexibility index (Phi) is 4.57. The molecule has 6 nitrogen and oxygen atoms in total. The van der Waals surface area contributed by atoms with Crippen molar-refractivity contribution in [1.82, 2.24) is 4.90 Å². The molecule has 1 heterocycles. The normalized spacial score (nSPS) is 15.2. The van der Waals surface area contributed by atoms with Crippen molar-refractivity contribution in [3.63, 3.8) is 0 Å². The molecular formula is C14H19N3O3. The van der Waals surface area contributed by atoms with E-state index in [-0.39, 0.29) is 24.8 Å². The molecule has 0 saturated carbocycles. The number of carbonyl (C=O) groups is 2. The Morgan fingerprint density at radius 3 is 3.00 bits per heavy atom. The number of morpholine rings is 1. The smallest absolute Gasteiger partial charge is 0.248 e. The van der Waals surface area contributed by atoms with Crippen LogP contribution in [0.5, 0.6) is 0 Å². The number of amides is 2. The second-order valence-electron chi connectivity index (χ2n) is 4.81. The molecule has 0 radical (unpaired) electrons. The number of hydrogen-bond acceptors (Lipinski definition) is 4. The molecule has 0 bridgehead atoms. The summed E-state index contributed by atoms with van der Waals surface area (Å²) in [5.41, 5.74) is 7.99. The Labute approximate surface area is 117 Å². The van der Waals surface area contributed by atoms with Crippen molar-refractivity contribution in [3.05, 3.63) is 23.8 Å². The standard InChI is InChI=1S/C14H19N3O3/c1-10-8-11(15)2-3-12(10)16-13(18)4-5-17-6-7-20-9-14(17)19/h2-3,8H,4-7,9,15H2,1H3,(H,16,18). The molecule has 1 aliphatic rings. The number of nitrogens with zero attached hydrogens (tertiary/aromatic N) is 1. The van der Waals surface area contributed by atoms with Crippen LogP contribution in [0.2, 0.25) is 0 Å². The summed E-state index contributed by atoms with van der Waals surface area (Å²) in [4.78, 5) is 25.1. The summed E-state index contributed by atoms with van der Waals surface area (Å²) in [5.74, 6) is -0.176. The highest BCUT2D eigenvalue weighted by Crippen LogP contribution is 2.17. The predicted molar refractivity (Wildman–Crippen MR) is 76.2 cm³/mol. The number of benzene rings is 1. The van der Waals surface area contributed by atoms with E-state index in [4.69, 9.17) is 10.5 Å². The third-order valence-electron chi connectivity index (χ3n) is 3.22. The van der Waals surface area contributed by atoms with Crippen molar-refractivity contribution in [2.24, 2.45) is 0 Å². The fourth-order valence-electron chi connectivity index (χ4n) is 2.06. The second-order valence-corrected chi connectivity index (χ2v) is 4.81. The quantitative estimate of drug-likeness (QED) is 0.796. The van der Waals surface area contributed by atoms with Gasteiger partial charge in [0.15, 0.2) is 0 Å². The molecule has 1 aromatic rings. The maximum Gasteiger partial charge on any atom is 0.248 e. The first-order valence-electron chi connectivity index (χ1n) is 6.58. The van der Waals surface area contributed by atoms with Gasteiger partial charge in [0.2, 0.25) is 11.8 Å². The number of rotatable bonds is 4. The molecule has 1 aromatic carbocycles. The van der Waals surface area contributed by atoms with E-state index in [1.807, 2.05) is 6.92 Å². The number of ether oxygens (including phenoxy) is 1. The maximum absolute atomic E-state index is 11.9. The van der Waals surface area contributed by atoms with Gasteiger partial charge >= 0.3 is 0 Å². The lowest BCUT2D eigenvalue weighted by Crippen LogP contribution is -2.42. The number of nitrogens with two attached hydrogens (primary N) is 1. The Morgan fingerprint density at radius 2 is 2.30 bits per heavy atom. The summed E-state index contributed by atoms with van der Waals surface area (Å²) in [5, 5.41) is 2.83. The van der Waals surface area contributed by atoms with Crippen LogP contribution in [0, 0.1) is 6.92 Å². The zero-order valence-electron chi connectivity index (χ0n) is 11.5. The number of carbonyl (C=O) groups excluding carboxylic acids is 2. The summed E-state index contributed by atoms with van der Waals surface area (Å²) in [6.07, 6.45) is 0.273. The third kappa shape index (κ3) is 3.71. The Bertz CT molecular complexity index is 516. The van der Waals surface area contributed by atoms with Crippen LogP contribution in [0.4, 0.5) is 11.4 Å². The van der Waals surface area contributed by atoms with Crippen LogP contribution in [0.15, 0.2) is 18.2 Å². The summed E-state index contributed by atoms with van der Waals surface area (Å²) in [7, 11) is 0. The first-order valence-corrected chi connectivity index (χ1v) is 6.58. The highest BCUT2D eigenvalue weighted by molar-refractivity contribution is 5.92. The molecule has 1 saturated heterocycles. The van der Waals surface area contributed by atoms with Gasteiger partial charge < -0.3 is 20.7 Å². The van der Waals surface area contributed by atoms with Crippen molar-refractivity contribution in [2.45, 2.75) is 13.3 Å². The Balaban J connectivity index is 1.84. The van der Waals surface area contributed by atoms with E-state index < -0.39 is 0 Å². The lowest BCUT2D eigenvalue weighted by atomic mass is 10.1. The van der Waals surface area contributed by atoms with Crippen molar-refractivity contribution < 1.29 is 14.3 Å². The number of nitrogens with one attached hydrogen (secondary N) is 1. The molecule has 2 amide bonds. The zero-order valence-corrected chi connectivity index (χ0v) is 11.5. The fraction of sp³-hybridized carbons (Fsp3) is 0.429. The van der Waals surface area contributed by atoms with Gasteiger partial charge in [-0.2, -0.15) is 0 Å². The topological polar surface area (TPSA) is 84.7 Å². The minimum atomic E-state index is -0.114. The molecule has 1 fully saturated rings. The molecule has 0 unspecified atom stereocenters. The molecule has 0 spiro atoms. The average molecular weight is 277 g/mol. The highest BCUT2D eigenvalue weighted by Gasteiger charge is 2.19. The molecule has 108 valence electrons. The third-order valence-corrected chi connectivity index (χ3v) is 3.22. The molecule has 0 aliphatic carbocycles. The lowest BCUT2D eigenvalue weighted by molar-refractivity contribution is -0.142. The van der Waals surface area contributed by atoms with Gasteiger partial charge in [0.05, 0.1) is 6.61 Å². The molecule has 1 aliphatic heterocycles. The SMILES string of the molecule is Cc1cc(N)ccc1NC(=O)CCN1CCOCC1=O. The number of aryl methyl sites for hydroxylation is 1. The first-order chi connectivity index (χ1) is 9.56. The van der Waals surface area contributed by atoms with Crippen LogP contribution in [0.25, 0.3) is 0 Å².